The highest BCUT2D eigenvalue weighted by Gasteiger charge is 2.34. The van der Waals surface area contributed by atoms with E-state index in [1.807, 2.05) is 54.8 Å². The number of hydrogen-bond acceptors (Lipinski definition) is 7. The number of nitrogens with zero attached hydrogens (tertiary/aromatic N) is 3. The van der Waals surface area contributed by atoms with Crippen molar-refractivity contribution in [2.45, 2.75) is 27.3 Å². The number of aryl methyl sites for hydroxylation is 1. The minimum absolute atomic E-state index is 0.173. The molecule has 2 heterocycles. The van der Waals surface area contributed by atoms with Gasteiger partial charge in [0.25, 0.3) is 5.91 Å². The Morgan fingerprint density at radius 1 is 0.977 bits per heavy atom. The highest BCUT2D eigenvalue weighted by molar-refractivity contribution is 8.18. The third-order valence-corrected chi connectivity index (χ3v) is 8.11. The van der Waals surface area contributed by atoms with Crippen LogP contribution in [0.5, 0.6) is 5.75 Å². The highest BCUT2D eigenvalue weighted by atomic mass is 32.2. The van der Waals surface area contributed by atoms with Gasteiger partial charge in [0.1, 0.15) is 5.75 Å². The van der Waals surface area contributed by atoms with Gasteiger partial charge >= 0.3 is 11.9 Å². The van der Waals surface area contributed by atoms with Crippen molar-refractivity contribution in [1.29, 1.82) is 0 Å². The molecule has 0 atom stereocenters. The van der Waals surface area contributed by atoms with Gasteiger partial charge in [-0.1, -0.05) is 18.2 Å². The number of carbonyl (C=O) groups excluding carboxylic acids is 2. The zero-order chi connectivity index (χ0) is 31.4. The van der Waals surface area contributed by atoms with E-state index in [0.717, 1.165) is 28.2 Å². The van der Waals surface area contributed by atoms with Crippen LogP contribution in [0.2, 0.25) is 0 Å². The molecule has 4 aromatic rings. The number of benzene rings is 3. The lowest BCUT2D eigenvalue weighted by molar-refractivity contribution is -0.122. The van der Waals surface area contributed by atoms with Crippen molar-refractivity contribution in [3.8, 4) is 11.4 Å². The van der Waals surface area contributed by atoms with Crippen LogP contribution in [0, 0.1) is 13.8 Å². The molecule has 0 unspecified atom stereocenters. The molecule has 0 aliphatic carbocycles. The van der Waals surface area contributed by atoms with Gasteiger partial charge in [0, 0.05) is 17.1 Å². The van der Waals surface area contributed by atoms with Crippen molar-refractivity contribution < 1.29 is 29.0 Å². The first-order chi connectivity index (χ1) is 21.2. The molecule has 1 aliphatic heterocycles. The van der Waals surface area contributed by atoms with E-state index in [0.29, 0.717) is 33.7 Å². The van der Waals surface area contributed by atoms with Gasteiger partial charge in [-0.3, -0.25) is 9.69 Å². The van der Waals surface area contributed by atoms with Gasteiger partial charge in [-0.05, 0) is 110 Å². The fourth-order valence-corrected chi connectivity index (χ4v) is 5.88. The normalized spacial score (nSPS) is 14.8. The topological polar surface area (TPSA) is 110 Å². The summed E-state index contributed by atoms with van der Waals surface area (Å²) in [6.07, 6.45) is 1.86. The second-order valence-corrected chi connectivity index (χ2v) is 11.0. The summed E-state index contributed by atoms with van der Waals surface area (Å²) in [7, 11) is 1.59. The molecular formula is C34H31N3O6S. The summed E-state index contributed by atoms with van der Waals surface area (Å²) in [5.74, 6) is -0.906. The number of esters is 1. The number of rotatable bonds is 9. The van der Waals surface area contributed by atoms with Gasteiger partial charge in [-0.25, -0.2) is 14.6 Å². The number of thioether (sulfide) groups is 1. The summed E-state index contributed by atoms with van der Waals surface area (Å²) in [6.45, 7) is 6.22. The minimum atomic E-state index is -1.01. The summed E-state index contributed by atoms with van der Waals surface area (Å²) in [6, 6.07) is 22.9. The van der Waals surface area contributed by atoms with Gasteiger partial charge in [-0.15, -0.1) is 0 Å². The molecule has 5 rings (SSSR count). The molecule has 0 radical (unpaired) electrons. The molecule has 224 valence electrons. The number of carbonyl (C=O) groups is 3. The third kappa shape index (κ3) is 6.45. The Labute approximate surface area is 259 Å². The number of aliphatic imine (C=N–C) groups is 1. The predicted molar refractivity (Wildman–Crippen MR) is 171 cm³/mol. The molecule has 3 aromatic carbocycles. The number of amidine groups is 1. The van der Waals surface area contributed by atoms with E-state index in [9.17, 15) is 19.5 Å². The van der Waals surface area contributed by atoms with Gasteiger partial charge < -0.3 is 19.1 Å². The molecule has 0 bridgehead atoms. The third-order valence-electron chi connectivity index (χ3n) is 7.10. The smallest absolute Gasteiger partial charge is 0.338 e. The first-order valence-corrected chi connectivity index (χ1v) is 14.7. The van der Waals surface area contributed by atoms with Crippen LogP contribution in [-0.2, 0) is 16.1 Å². The zero-order valence-corrected chi connectivity index (χ0v) is 25.6. The van der Waals surface area contributed by atoms with Crippen molar-refractivity contribution >= 4 is 46.5 Å². The summed E-state index contributed by atoms with van der Waals surface area (Å²) in [5.41, 5.74) is 5.58. The number of hydrogen-bond donors (Lipinski definition) is 1. The lowest BCUT2D eigenvalue weighted by Crippen LogP contribution is -2.28. The Bertz CT molecular complexity index is 1790. The van der Waals surface area contributed by atoms with Crippen LogP contribution >= 0.6 is 11.8 Å². The SMILES string of the molecule is CCOC(=O)c1cccc(-n2c(C)cc(/C=C3\SC(=Nc4ccc(OC)cc4)N(Cc4ccc(C(=O)O)cc4)C3=O)c2C)c1. The standard InChI is InChI=1S/C34H31N3O6S/c1-5-43-33(41)25-7-6-8-28(18-25)37-21(2)17-26(22(37)3)19-30-31(38)36(20-23-9-11-24(12-10-23)32(39)40)34(44-30)35-27-13-15-29(42-4)16-14-27/h6-19H,5,20H2,1-4H3,(H,39,40)/b30-19-,35-34?. The number of carboxylic acids is 1. The quantitative estimate of drug-likeness (QED) is 0.164. The first-order valence-electron chi connectivity index (χ1n) is 13.9. The molecule has 10 heteroatoms. The Kier molecular flexibility index (Phi) is 9.01. The van der Waals surface area contributed by atoms with Crippen LogP contribution in [0.1, 0.15) is 50.2 Å². The molecule has 44 heavy (non-hydrogen) atoms. The number of aromatic carboxylic acids is 1. The Balaban J connectivity index is 1.50. The van der Waals surface area contributed by atoms with E-state index in [4.69, 9.17) is 14.5 Å². The van der Waals surface area contributed by atoms with Crippen molar-refractivity contribution in [2.24, 2.45) is 4.99 Å². The van der Waals surface area contributed by atoms with Gasteiger partial charge in [-0.2, -0.15) is 0 Å². The molecule has 9 nitrogen and oxygen atoms in total. The van der Waals surface area contributed by atoms with Gasteiger partial charge in [0.15, 0.2) is 5.17 Å². The van der Waals surface area contributed by atoms with E-state index < -0.39 is 5.97 Å². The molecule has 0 spiro atoms. The average Bonchev–Trinajstić information content (AvgIpc) is 3.46. The van der Waals surface area contributed by atoms with Crippen LogP contribution in [0.25, 0.3) is 11.8 Å². The maximum absolute atomic E-state index is 13.8. The fourth-order valence-electron chi connectivity index (χ4n) is 4.89. The maximum Gasteiger partial charge on any atom is 0.338 e. The number of aromatic nitrogens is 1. The van der Waals surface area contributed by atoms with E-state index in [-0.39, 0.29) is 24.0 Å². The fraction of sp³-hybridized carbons (Fsp3) is 0.176. The molecule has 1 aliphatic rings. The van der Waals surface area contributed by atoms with Crippen LogP contribution in [0.3, 0.4) is 0 Å². The van der Waals surface area contributed by atoms with E-state index in [2.05, 4.69) is 0 Å². The number of amides is 1. The summed E-state index contributed by atoms with van der Waals surface area (Å²) in [4.78, 5) is 44.4. The summed E-state index contributed by atoms with van der Waals surface area (Å²) in [5, 5.41) is 9.77. The Hall–Kier alpha value is -5.09. The summed E-state index contributed by atoms with van der Waals surface area (Å²) < 4.78 is 12.5. The van der Waals surface area contributed by atoms with Crippen LogP contribution in [0.15, 0.2) is 88.8 Å². The molecule has 1 N–H and O–H groups in total. The highest BCUT2D eigenvalue weighted by Crippen LogP contribution is 2.36. The monoisotopic (exact) mass is 609 g/mol. The zero-order valence-electron chi connectivity index (χ0n) is 24.7. The van der Waals surface area contributed by atoms with E-state index in [1.54, 1.807) is 55.3 Å². The van der Waals surface area contributed by atoms with Crippen LogP contribution < -0.4 is 4.74 Å². The largest absolute Gasteiger partial charge is 0.497 e. The van der Waals surface area contributed by atoms with E-state index in [1.165, 1.54) is 23.9 Å². The minimum Gasteiger partial charge on any atom is -0.497 e. The number of ether oxygens (including phenoxy) is 2. The van der Waals surface area contributed by atoms with Crippen molar-refractivity contribution in [1.82, 2.24) is 9.47 Å². The van der Waals surface area contributed by atoms with Gasteiger partial charge in [0.05, 0.1) is 42.0 Å². The molecule has 0 saturated carbocycles. The molecular weight excluding hydrogens is 578 g/mol. The molecule has 1 saturated heterocycles. The lowest BCUT2D eigenvalue weighted by atomic mass is 10.1. The molecule has 1 amide bonds. The average molecular weight is 610 g/mol. The van der Waals surface area contributed by atoms with E-state index >= 15 is 0 Å². The second-order valence-electron chi connectivity index (χ2n) is 10.0. The molecule has 1 aromatic heterocycles. The van der Waals surface area contributed by atoms with Crippen molar-refractivity contribution in [3.63, 3.8) is 0 Å². The predicted octanol–water partition coefficient (Wildman–Crippen LogP) is 6.78. The summed E-state index contributed by atoms with van der Waals surface area (Å²) >= 11 is 1.28. The number of methoxy groups -OCH3 is 1. The maximum atomic E-state index is 13.8. The Morgan fingerprint density at radius 3 is 2.36 bits per heavy atom. The Morgan fingerprint density at radius 2 is 1.70 bits per heavy atom. The number of carboxylic acid groups (broad SMARTS) is 1. The van der Waals surface area contributed by atoms with Crippen LogP contribution in [-0.4, -0.2) is 51.3 Å². The first kappa shape index (κ1) is 30.4. The molecule has 1 fully saturated rings. The van der Waals surface area contributed by atoms with Crippen molar-refractivity contribution in [2.75, 3.05) is 13.7 Å². The lowest BCUT2D eigenvalue weighted by Gasteiger charge is -2.16. The van der Waals surface area contributed by atoms with Crippen LogP contribution in [0.4, 0.5) is 5.69 Å². The second kappa shape index (κ2) is 13.0. The van der Waals surface area contributed by atoms with Crippen molar-refractivity contribution in [3.05, 3.63) is 117 Å². The van der Waals surface area contributed by atoms with Gasteiger partial charge in [0.2, 0.25) is 0 Å².